The van der Waals surface area contributed by atoms with Gasteiger partial charge in [-0.1, -0.05) is 23.9 Å². The van der Waals surface area contributed by atoms with E-state index in [1.54, 1.807) is 21.3 Å². The Hall–Kier alpha value is -2.62. The number of allylic oxidation sites excluding steroid dienone is 1. The van der Waals surface area contributed by atoms with Crippen molar-refractivity contribution in [2.75, 3.05) is 13.1 Å². The van der Waals surface area contributed by atoms with Crippen LogP contribution in [0.3, 0.4) is 0 Å². The van der Waals surface area contributed by atoms with Crippen LogP contribution < -0.4 is 0 Å². The second kappa shape index (κ2) is 7.90. The lowest BCUT2D eigenvalue weighted by atomic mass is 10.1. The number of alkyl halides is 3. The van der Waals surface area contributed by atoms with E-state index in [0.29, 0.717) is 25.2 Å². The Kier molecular flexibility index (Phi) is 5.44. The topological polar surface area (TPSA) is 44.6 Å². The third-order valence-corrected chi connectivity index (χ3v) is 6.46. The maximum atomic E-state index is 13.0. The molecule has 10 heteroatoms. The first kappa shape index (κ1) is 20.6. The van der Waals surface area contributed by atoms with Gasteiger partial charge in [0, 0.05) is 38.6 Å². The van der Waals surface area contributed by atoms with Crippen molar-refractivity contribution < 1.29 is 18.0 Å². The molecule has 3 heterocycles. The third-order valence-electron chi connectivity index (χ3n) is 5.23. The Morgan fingerprint density at radius 3 is 2.50 bits per heavy atom. The van der Waals surface area contributed by atoms with Crippen molar-refractivity contribution in [1.29, 1.82) is 0 Å². The smallest absolute Gasteiger partial charge is 0.340 e. The summed E-state index contributed by atoms with van der Waals surface area (Å²) < 4.78 is 40.0. The number of hydrogen-bond donors (Lipinski definition) is 0. The van der Waals surface area contributed by atoms with Gasteiger partial charge in [-0.3, -0.25) is 9.58 Å². The van der Waals surface area contributed by atoms with E-state index in [1.165, 1.54) is 12.1 Å². The van der Waals surface area contributed by atoms with Gasteiger partial charge in [-0.05, 0) is 36.1 Å². The van der Waals surface area contributed by atoms with E-state index in [0.717, 1.165) is 23.5 Å². The molecule has 2 aliphatic heterocycles. The molecule has 1 saturated heterocycles. The number of hydrogen-bond acceptors (Lipinski definition) is 4. The monoisotopic (exact) mass is 437 g/mol. The minimum atomic E-state index is -4.36. The lowest BCUT2D eigenvalue weighted by Gasteiger charge is -2.33. The van der Waals surface area contributed by atoms with Gasteiger partial charge in [0.2, 0.25) is 0 Å². The first-order valence-electron chi connectivity index (χ1n) is 9.51. The maximum absolute atomic E-state index is 13.0. The van der Waals surface area contributed by atoms with Crippen molar-refractivity contribution in [3.8, 4) is 0 Å². The number of thioether (sulfide) groups is 1. The van der Waals surface area contributed by atoms with Crippen molar-refractivity contribution in [2.24, 2.45) is 7.05 Å². The zero-order valence-corrected chi connectivity index (χ0v) is 17.5. The molecule has 2 amide bonds. The van der Waals surface area contributed by atoms with E-state index < -0.39 is 11.7 Å². The van der Waals surface area contributed by atoms with E-state index >= 15 is 0 Å². The largest absolute Gasteiger partial charge is 0.416 e. The average molecular weight is 437 g/mol. The molecule has 1 aromatic heterocycles. The van der Waals surface area contributed by atoms with Gasteiger partial charge in [-0.25, -0.2) is 4.79 Å². The molecule has 2 aliphatic rings. The quantitative estimate of drug-likeness (QED) is 0.708. The molecule has 4 rings (SSSR count). The van der Waals surface area contributed by atoms with Crippen LogP contribution in [0.2, 0.25) is 0 Å². The van der Waals surface area contributed by atoms with Crippen molar-refractivity contribution >= 4 is 17.8 Å². The molecule has 1 unspecified atom stereocenters. The number of carbonyl (C=O) groups excluding carboxylic acids is 1. The third kappa shape index (κ3) is 4.14. The molecular formula is C20H22F3N5OS. The highest BCUT2D eigenvalue weighted by Gasteiger charge is 2.39. The summed E-state index contributed by atoms with van der Waals surface area (Å²) in [5.74, 6) is 0. The lowest BCUT2D eigenvalue weighted by molar-refractivity contribution is -0.137. The number of halogens is 3. The van der Waals surface area contributed by atoms with Gasteiger partial charge in [0.1, 0.15) is 0 Å². The van der Waals surface area contributed by atoms with Crippen molar-refractivity contribution in [1.82, 2.24) is 24.5 Å². The Labute approximate surface area is 176 Å². The highest BCUT2D eigenvalue weighted by atomic mass is 32.2. The first-order valence-corrected chi connectivity index (χ1v) is 10.5. The Balaban J connectivity index is 1.42. The predicted octanol–water partition coefficient (Wildman–Crippen LogP) is 4.07. The molecule has 0 saturated carbocycles. The molecule has 1 fully saturated rings. The standard InChI is InChI=1S/C20H22F3N5OS/c1-14-13-30-19(28(14)12-17-7-8-25(2)24-17)27-10-9-26(18(27)29)11-15-3-5-16(6-4-15)20(21,22)23/h3-8,13,19H,9-12H2,1-2H3. The van der Waals surface area contributed by atoms with Crippen LogP contribution in [0.5, 0.6) is 0 Å². The summed E-state index contributed by atoms with van der Waals surface area (Å²) >= 11 is 1.58. The van der Waals surface area contributed by atoms with Gasteiger partial charge in [0.25, 0.3) is 0 Å². The first-order chi connectivity index (χ1) is 14.2. The average Bonchev–Trinajstić information content (AvgIpc) is 3.36. The van der Waals surface area contributed by atoms with Crippen molar-refractivity contribution in [3.05, 3.63) is 64.5 Å². The van der Waals surface area contributed by atoms with Crippen LogP contribution in [0.15, 0.2) is 47.6 Å². The van der Waals surface area contributed by atoms with Gasteiger partial charge in [0.05, 0.1) is 17.8 Å². The number of rotatable bonds is 5. The molecule has 1 aromatic carbocycles. The highest BCUT2D eigenvalue weighted by Crippen LogP contribution is 2.36. The summed E-state index contributed by atoms with van der Waals surface area (Å²) in [5, 5.41) is 6.47. The number of aryl methyl sites for hydroxylation is 1. The number of benzene rings is 1. The molecule has 2 aromatic rings. The van der Waals surface area contributed by atoms with Gasteiger partial charge < -0.3 is 9.80 Å². The molecular weight excluding hydrogens is 415 g/mol. The number of amides is 2. The second-order valence-electron chi connectivity index (χ2n) is 7.42. The van der Waals surface area contributed by atoms with Crippen molar-refractivity contribution in [2.45, 2.75) is 31.7 Å². The fourth-order valence-corrected chi connectivity index (χ4v) is 4.80. The van der Waals surface area contributed by atoms with Crippen LogP contribution in [0.1, 0.15) is 23.7 Å². The Bertz CT molecular complexity index is 956. The molecule has 0 N–H and O–H groups in total. The summed E-state index contributed by atoms with van der Waals surface area (Å²) in [6.07, 6.45) is -2.47. The summed E-state index contributed by atoms with van der Waals surface area (Å²) in [5.41, 5.74) is 1.83. The van der Waals surface area contributed by atoms with E-state index in [4.69, 9.17) is 0 Å². The van der Waals surface area contributed by atoms with Crippen LogP contribution >= 0.6 is 11.8 Å². The van der Waals surface area contributed by atoms with Crippen LogP contribution in [-0.2, 0) is 26.3 Å². The number of urea groups is 1. The SMILES string of the molecule is CC1=CSC(N2CCN(Cc3ccc(C(F)(F)F)cc3)C2=O)N1Cc1ccn(C)n1. The number of aromatic nitrogens is 2. The van der Waals surface area contributed by atoms with Gasteiger partial charge in [-0.15, -0.1) is 0 Å². The van der Waals surface area contributed by atoms with Crippen LogP contribution in [0, 0.1) is 0 Å². The lowest BCUT2D eigenvalue weighted by Crippen LogP contribution is -2.45. The van der Waals surface area contributed by atoms with Gasteiger partial charge >= 0.3 is 12.2 Å². The zero-order valence-electron chi connectivity index (χ0n) is 16.6. The van der Waals surface area contributed by atoms with E-state index in [2.05, 4.69) is 10.00 Å². The molecule has 1 atom stereocenters. The second-order valence-corrected chi connectivity index (χ2v) is 8.35. The minimum Gasteiger partial charge on any atom is -0.340 e. The molecule has 6 nitrogen and oxygen atoms in total. The van der Waals surface area contributed by atoms with Gasteiger partial charge in [-0.2, -0.15) is 18.3 Å². The maximum Gasteiger partial charge on any atom is 0.416 e. The number of nitrogens with zero attached hydrogens (tertiary/aromatic N) is 5. The molecule has 0 bridgehead atoms. The predicted molar refractivity (Wildman–Crippen MR) is 108 cm³/mol. The molecule has 160 valence electrons. The van der Waals surface area contributed by atoms with Crippen LogP contribution in [-0.4, -0.2) is 49.1 Å². The minimum absolute atomic E-state index is 0.110. The van der Waals surface area contributed by atoms with Crippen LogP contribution in [0.25, 0.3) is 0 Å². The fourth-order valence-electron chi connectivity index (χ4n) is 3.61. The molecule has 0 radical (unpaired) electrons. The summed E-state index contributed by atoms with van der Waals surface area (Å²) in [6, 6.07) is 6.83. The number of carbonyl (C=O) groups is 1. The van der Waals surface area contributed by atoms with E-state index in [-0.39, 0.29) is 18.1 Å². The Morgan fingerprint density at radius 1 is 1.13 bits per heavy atom. The Morgan fingerprint density at radius 2 is 1.87 bits per heavy atom. The molecule has 0 spiro atoms. The van der Waals surface area contributed by atoms with E-state index in [1.807, 2.05) is 36.5 Å². The summed E-state index contributed by atoms with van der Waals surface area (Å²) in [4.78, 5) is 18.7. The fraction of sp³-hybridized carbons (Fsp3) is 0.400. The van der Waals surface area contributed by atoms with Crippen LogP contribution in [0.4, 0.5) is 18.0 Å². The van der Waals surface area contributed by atoms with Gasteiger partial charge in [0.15, 0.2) is 5.50 Å². The normalized spacial score (nSPS) is 19.8. The van der Waals surface area contributed by atoms with Crippen molar-refractivity contribution in [3.63, 3.8) is 0 Å². The summed E-state index contributed by atoms with van der Waals surface area (Å²) in [7, 11) is 1.87. The van der Waals surface area contributed by atoms with E-state index in [9.17, 15) is 18.0 Å². The molecule has 30 heavy (non-hydrogen) atoms. The molecule has 0 aliphatic carbocycles. The zero-order chi connectivity index (χ0) is 21.5. The highest BCUT2D eigenvalue weighted by molar-refractivity contribution is 8.02. The summed E-state index contributed by atoms with van der Waals surface area (Å²) in [6.45, 7) is 4.00.